The first kappa shape index (κ1) is 10.6. The average Bonchev–Trinajstić information content (AvgIpc) is 1.86. The largest absolute Gasteiger partial charge is 0.748 e. The summed E-state index contributed by atoms with van der Waals surface area (Å²) in [6.07, 6.45) is 2.57. The summed E-state index contributed by atoms with van der Waals surface area (Å²) in [5, 5.41) is 0. The van der Waals surface area contributed by atoms with Crippen molar-refractivity contribution in [1.82, 2.24) is 0 Å². The summed E-state index contributed by atoms with van der Waals surface area (Å²) in [7, 11) is -5.40. The molecule has 0 aliphatic carbocycles. The molecule has 0 saturated carbocycles. The molecule has 2 unspecified atom stereocenters. The highest BCUT2D eigenvalue weighted by atomic mass is 31.2. The van der Waals surface area contributed by atoms with Crippen LogP contribution in [-0.2, 0) is 18.0 Å². The van der Waals surface area contributed by atoms with E-state index < -0.39 is 16.5 Å². The summed E-state index contributed by atoms with van der Waals surface area (Å²) < 4.78 is 28.5. The maximum Gasteiger partial charge on any atom is 0.748 e. The van der Waals surface area contributed by atoms with Gasteiger partial charge in [-0.1, -0.05) is 0 Å². The lowest BCUT2D eigenvalue weighted by atomic mass is 10.7. The maximum atomic E-state index is 10.4. The number of nitrogens with two attached hydrogens (primary N) is 1. The zero-order valence-corrected chi connectivity index (χ0v) is 7.20. The predicted octanol–water partition coefficient (Wildman–Crippen LogP) is 0.799. The second-order valence-corrected chi connectivity index (χ2v) is 3.10. The summed E-state index contributed by atoms with van der Waals surface area (Å²) >= 11 is 0. The molecule has 0 aliphatic rings. The second kappa shape index (κ2) is 6.34. The quantitative estimate of drug-likeness (QED) is 0.635. The van der Waals surface area contributed by atoms with Crippen molar-refractivity contribution in [3.8, 4) is 0 Å². The molecule has 3 N–H and O–H groups in total. The van der Waals surface area contributed by atoms with Gasteiger partial charge in [-0.05, 0) is 12.3 Å². The summed E-state index contributed by atoms with van der Waals surface area (Å²) in [5.74, 6) is 0. The van der Waals surface area contributed by atoms with Crippen LogP contribution in [0.5, 0.6) is 0 Å². The fourth-order valence-electron chi connectivity index (χ4n) is 0.240. The van der Waals surface area contributed by atoms with E-state index in [1.165, 1.54) is 12.3 Å². The minimum Gasteiger partial charge on any atom is -0.405 e. The number of hydrogen-bond donors (Lipinski definition) is 2. The standard InChI is InChI=1S/C3H6NO5P2/c4-2-1-3-8-11(7)9-10(5)6/h1-2H,3-4H2/q+1/p+1. The molecule has 0 aromatic carbocycles. The molecule has 0 rings (SSSR count). The third-order valence-electron chi connectivity index (χ3n) is 0.549. The lowest BCUT2D eigenvalue weighted by molar-refractivity contribution is 0.307. The van der Waals surface area contributed by atoms with E-state index in [4.69, 9.17) is 10.6 Å². The van der Waals surface area contributed by atoms with Crippen molar-refractivity contribution >= 4 is 16.5 Å². The Labute approximate surface area is 64.9 Å². The highest BCUT2D eigenvalue weighted by molar-refractivity contribution is 7.47. The molecule has 0 aromatic heterocycles. The van der Waals surface area contributed by atoms with Crippen LogP contribution in [0.1, 0.15) is 0 Å². The van der Waals surface area contributed by atoms with Gasteiger partial charge in [0.2, 0.25) is 0 Å². The van der Waals surface area contributed by atoms with Crippen LogP contribution in [0.3, 0.4) is 0 Å². The Morgan fingerprint density at radius 3 is 2.64 bits per heavy atom. The first-order valence-corrected chi connectivity index (χ1v) is 4.70. The minimum atomic E-state index is -2.87. The highest BCUT2D eigenvalue weighted by Gasteiger charge is 2.35. The van der Waals surface area contributed by atoms with Gasteiger partial charge < -0.3 is 5.73 Å². The molecule has 0 heterocycles. The molecular weight excluding hydrogens is 192 g/mol. The van der Waals surface area contributed by atoms with E-state index in [1.54, 1.807) is 0 Å². The van der Waals surface area contributed by atoms with Crippen LogP contribution < -0.4 is 5.73 Å². The van der Waals surface area contributed by atoms with E-state index in [0.717, 1.165) is 0 Å². The van der Waals surface area contributed by atoms with E-state index >= 15 is 0 Å². The number of rotatable bonds is 5. The van der Waals surface area contributed by atoms with Gasteiger partial charge in [-0.15, -0.1) is 9.42 Å². The van der Waals surface area contributed by atoms with Crippen LogP contribution in [0.25, 0.3) is 0 Å². The monoisotopic (exact) mass is 199 g/mol. The zero-order valence-electron chi connectivity index (χ0n) is 5.41. The third-order valence-corrected chi connectivity index (χ3v) is 2.00. The first-order chi connectivity index (χ1) is 5.16. The van der Waals surface area contributed by atoms with Gasteiger partial charge in [0.15, 0.2) is 4.31 Å². The first-order valence-electron chi connectivity index (χ1n) is 2.48. The van der Waals surface area contributed by atoms with Crippen LogP contribution in [0.4, 0.5) is 0 Å². The van der Waals surface area contributed by atoms with Crippen molar-refractivity contribution in [1.29, 1.82) is 0 Å². The molecule has 6 nitrogen and oxygen atoms in total. The Balaban J connectivity index is 3.45. The maximum absolute atomic E-state index is 10.4. The lowest BCUT2D eigenvalue weighted by Crippen LogP contribution is -1.83. The van der Waals surface area contributed by atoms with E-state index in [9.17, 15) is 9.13 Å². The van der Waals surface area contributed by atoms with E-state index in [0.29, 0.717) is 0 Å². The molecule has 0 spiro atoms. The topological polar surface area (TPSA) is 98.9 Å². The van der Waals surface area contributed by atoms with Crippen LogP contribution in [0, 0.1) is 0 Å². The molecule has 0 fully saturated rings. The fraction of sp³-hybridized carbons (Fsp3) is 0.333. The molecule has 0 aromatic rings. The molecule has 2 atom stereocenters. The Kier molecular flexibility index (Phi) is 6.12. The van der Waals surface area contributed by atoms with Gasteiger partial charge >= 0.3 is 16.5 Å². The summed E-state index contributed by atoms with van der Waals surface area (Å²) in [4.78, 5) is 8.06. The molecule has 0 saturated heterocycles. The average molecular weight is 199 g/mol. The van der Waals surface area contributed by atoms with Crippen molar-refractivity contribution in [3.63, 3.8) is 0 Å². The van der Waals surface area contributed by atoms with Crippen LogP contribution >= 0.6 is 16.5 Å². The summed E-state index contributed by atoms with van der Waals surface area (Å²) in [6, 6.07) is 0. The van der Waals surface area contributed by atoms with Crippen molar-refractivity contribution in [2.45, 2.75) is 0 Å². The van der Waals surface area contributed by atoms with Gasteiger partial charge in [0.25, 0.3) is 0 Å². The fourth-order valence-corrected chi connectivity index (χ4v) is 1.09. The van der Waals surface area contributed by atoms with Crippen molar-refractivity contribution in [2.24, 2.45) is 5.73 Å². The zero-order chi connectivity index (χ0) is 8.69. The highest BCUT2D eigenvalue weighted by Crippen LogP contribution is 2.35. The van der Waals surface area contributed by atoms with Gasteiger partial charge in [0.1, 0.15) is 6.61 Å². The molecule has 0 radical (unpaired) electrons. The predicted molar refractivity (Wildman–Crippen MR) is 37.8 cm³/mol. The molecule has 8 heteroatoms. The Bertz CT molecular complexity index is 181. The molecular formula is C3H7NO5P2+2. The van der Waals surface area contributed by atoms with E-state index in [-0.39, 0.29) is 6.61 Å². The van der Waals surface area contributed by atoms with Gasteiger partial charge in [-0.25, -0.2) is 0 Å². The van der Waals surface area contributed by atoms with Crippen LogP contribution in [0.2, 0.25) is 0 Å². The normalized spacial score (nSPS) is 13.5. The van der Waals surface area contributed by atoms with Crippen molar-refractivity contribution in [2.75, 3.05) is 6.61 Å². The lowest BCUT2D eigenvalue weighted by Gasteiger charge is -1.75. The number of hydrogen-bond acceptors (Lipinski definition) is 5. The van der Waals surface area contributed by atoms with Crippen molar-refractivity contribution < 1.29 is 22.9 Å². The third kappa shape index (κ3) is 7.52. The Morgan fingerprint density at radius 2 is 2.18 bits per heavy atom. The van der Waals surface area contributed by atoms with Gasteiger partial charge in [0.05, 0.1) is 0 Å². The van der Waals surface area contributed by atoms with Crippen LogP contribution in [0.15, 0.2) is 12.3 Å². The van der Waals surface area contributed by atoms with Crippen molar-refractivity contribution in [3.05, 3.63) is 12.3 Å². The Hall–Kier alpha value is -0.380. The van der Waals surface area contributed by atoms with Gasteiger partial charge in [-0.3, -0.25) is 0 Å². The smallest absolute Gasteiger partial charge is 0.405 e. The van der Waals surface area contributed by atoms with E-state index in [1.807, 2.05) is 0 Å². The molecule has 0 amide bonds. The molecule has 62 valence electrons. The van der Waals surface area contributed by atoms with Gasteiger partial charge in [-0.2, -0.15) is 0 Å². The van der Waals surface area contributed by atoms with E-state index in [2.05, 4.69) is 8.83 Å². The molecule has 0 bridgehead atoms. The minimum absolute atomic E-state index is 0.0190. The van der Waals surface area contributed by atoms with Crippen LogP contribution in [-0.4, -0.2) is 11.5 Å². The second-order valence-electron chi connectivity index (χ2n) is 1.27. The summed E-state index contributed by atoms with van der Waals surface area (Å²) in [6.45, 7) is -0.0190. The molecule has 0 aliphatic heterocycles. The Morgan fingerprint density at radius 1 is 1.55 bits per heavy atom. The SMILES string of the molecule is NC=CCO[P+](=O)O[P+](=O)O. The summed E-state index contributed by atoms with van der Waals surface area (Å²) in [5.41, 5.74) is 4.91. The van der Waals surface area contributed by atoms with Gasteiger partial charge in [0, 0.05) is 9.13 Å². The molecule has 11 heavy (non-hydrogen) atoms.